The van der Waals surface area contributed by atoms with E-state index in [0.717, 1.165) is 29.7 Å². The zero-order valence-corrected chi connectivity index (χ0v) is 18.9. The molecule has 2 heterocycles. The number of allylic oxidation sites excluding steroid dienone is 4. The maximum Gasteiger partial charge on any atom is 0.331 e. The molecule has 0 bridgehead atoms. The van der Waals surface area contributed by atoms with Crippen LogP contribution in [0.3, 0.4) is 0 Å². The number of pyridine rings is 1. The SMILES string of the molecule is C=C/C=C\C=C/N(CCCC)C(=O)N1C(=O)[C@H](Cc2ccnc(N)c2)[C@H]1C(=O)NCCC. The maximum atomic E-state index is 13.3. The minimum atomic E-state index is -0.864. The van der Waals surface area contributed by atoms with Crippen molar-refractivity contribution in [3.8, 4) is 0 Å². The molecular weight excluding hydrogens is 406 g/mol. The van der Waals surface area contributed by atoms with Gasteiger partial charge in [-0.3, -0.25) is 14.5 Å². The number of nitrogen functional groups attached to an aromatic ring is 1. The quantitative estimate of drug-likeness (QED) is 0.407. The third-order valence-electron chi connectivity index (χ3n) is 5.16. The molecule has 32 heavy (non-hydrogen) atoms. The van der Waals surface area contributed by atoms with Crippen LogP contribution >= 0.6 is 0 Å². The molecule has 2 atom stereocenters. The second kappa shape index (κ2) is 12.4. The van der Waals surface area contributed by atoms with Crippen LogP contribution in [-0.2, 0) is 16.0 Å². The predicted octanol–water partition coefficient (Wildman–Crippen LogP) is 3.04. The second-order valence-corrected chi connectivity index (χ2v) is 7.64. The fourth-order valence-corrected chi connectivity index (χ4v) is 3.49. The summed E-state index contributed by atoms with van der Waals surface area (Å²) in [6, 6.07) is 2.09. The van der Waals surface area contributed by atoms with E-state index < -0.39 is 18.0 Å². The van der Waals surface area contributed by atoms with Gasteiger partial charge < -0.3 is 16.0 Å². The van der Waals surface area contributed by atoms with Crippen LogP contribution in [0.2, 0.25) is 0 Å². The number of unbranched alkanes of at least 4 members (excludes halogenated alkanes) is 1. The summed E-state index contributed by atoms with van der Waals surface area (Å²) in [5.74, 6) is -0.968. The van der Waals surface area contributed by atoms with E-state index in [9.17, 15) is 14.4 Å². The Hall–Kier alpha value is -3.42. The van der Waals surface area contributed by atoms with E-state index in [2.05, 4.69) is 16.9 Å². The van der Waals surface area contributed by atoms with Gasteiger partial charge in [0.25, 0.3) is 0 Å². The average Bonchev–Trinajstić information content (AvgIpc) is 2.78. The zero-order chi connectivity index (χ0) is 23.5. The Balaban J connectivity index is 2.26. The van der Waals surface area contributed by atoms with E-state index in [4.69, 9.17) is 5.73 Å². The van der Waals surface area contributed by atoms with E-state index in [1.165, 1.54) is 4.90 Å². The van der Waals surface area contributed by atoms with E-state index in [1.807, 2.05) is 13.8 Å². The van der Waals surface area contributed by atoms with Gasteiger partial charge in [-0.05, 0) is 43.0 Å². The molecule has 8 heteroatoms. The van der Waals surface area contributed by atoms with Gasteiger partial charge in [0, 0.05) is 25.5 Å². The van der Waals surface area contributed by atoms with Crippen molar-refractivity contribution in [1.29, 1.82) is 0 Å². The summed E-state index contributed by atoms with van der Waals surface area (Å²) in [5.41, 5.74) is 6.55. The van der Waals surface area contributed by atoms with E-state index in [-0.39, 0.29) is 11.8 Å². The molecule has 1 saturated heterocycles. The number of nitrogens with one attached hydrogen (secondary N) is 1. The molecule has 4 amide bonds. The summed E-state index contributed by atoms with van der Waals surface area (Å²) >= 11 is 0. The molecule has 172 valence electrons. The topological polar surface area (TPSA) is 109 Å². The Bertz CT molecular complexity index is 880. The van der Waals surface area contributed by atoms with Gasteiger partial charge in [-0.15, -0.1) is 0 Å². The van der Waals surface area contributed by atoms with Crippen LogP contribution in [0.4, 0.5) is 10.6 Å². The van der Waals surface area contributed by atoms with Crippen molar-refractivity contribution in [3.63, 3.8) is 0 Å². The van der Waals surface area contributed by atoms with E-state index in [1.54, 1.807) is 48.8 Å². The first-order chi connectivity index (χ1) is 15.4. The lowest BCUT2D eigenvalue weighted by atomic mass is 9.82. The van der Waals surface area contributed by atoms with Crippen molar-refractivity contribution in [1.82, 2.24) is 20.1 Å². The number of anilines is 1. The van der Waals surface area contributed by atoms with Crippen LogP contribution in [0.25, 0.3) is 0 Å². The normalized spacial score (nSPS) is 18.1. The number of nitrogens with zero attached hydrogens (tertiary/aromatic N) is 3. The van der Waals surface area contributed by atoms with Crippen molar-refractivity contribution < 1.29 is 14.4 Å². The molecule has 0 radical (unpaired) electrons. The number of urea groups is 1. The minimum absolute atomic E-state index is 0.312. The maximum absolute atomic E-state index is 13.3. The molecule has 1 fully saturated rings. The number of hydrogen-bond acceptors (Lipinski definition) is 5. The molecule has 1 aromatic rings. The summed E-state index contributed by atoms with van der Waals surface area (Å²) < 4.78 is 0. The number of aromatic nitrogens is 1. The molecule has 8 nitrogen and oxygen atoms in total. The standard InChI is InChI=1S/C24H33N5O3/c1-4-7-9-10-15-28(14-8-5-2)24(32)29-21(22(30)27-12-6-3)19(23(29)31)16-18-11-13-26-20(25)17-18/h4,7,9-11,13,15,17,19,21H,1,5-6,8,12,14,16H2,2-3H3,(H2,25,26)(H,27,30)/b9-7-,15-10-/t19-,21+/m1/s1. The van der Waals surface area contributed by atoms with Crippen molar-refractivity contribution in [2.75, 3.05) is 18.8 Å². The lowest BCUT2D eigenvalue weighted by molar-refractivity contribution is -0.158. The Morgan fingerprint density at radius 2 is 2.06 bits per heavy atom. The van der Waals surface area contributed by atoms with Gasteiger partial charge >= 0.3 is 6.03 Å². The van der Waals surface area contributed by atoms with Crippen molar-refractivity contribution >= 4 is 23.7 Å². The van der Waals surface area contributed by atoms with Gasteiger partial charge in [0.15, 0.2) is 0 Å². The lowest BCUT2D eigenvalue weighted by Crippen LogP contribution is -2.70. The van der Waals surface area contributed by atoms with Crippen LogP contribution in [-0.4, -0.2) is 51.8 Å². The first kappa shape index (κ1) is 24.8. The highest BCUT2D eigenvalue weighted by atomic mass is 16.2. The zero-order valence-electron chi connectivity index (χ0n) is 18.9. The summed E-state index contributed by atoms with van der Waals surface area (Å²) in [4.78, 5) is 45.7. The average molecular weight is 440 g/mol. The molecule has 0 unspecified atom stereocenters. The lowest BCUT2D eigenvalue weighted by Gasteiger charge is -2.45. The van der Waals surface area contributed by atoms with Gasteiger partial charge in [0.05, 0.1) is 5.92 Å². The van der Waals surface area contributed by atoms with Gasteiger partial charge in [-0.25, -0.2) is 9.78 Å². The van der Waals surface area contributed by atoms with Gasteiger partial charge in [0.1, 0.15) is 11.9 Å². The molecule has 0 aromatic carbocycles. The molecule has 0 saturated carbocycles. The first-order valence-electron chi connectivity index (χ1n) is 11.0. The molecule has 0 aliphatic carbocycles. The summed E-state index contributed by atoms with van der Waals surface area (Å²) in [6.45, 7) is 8.51. The highest BCUT2D eigenvalue weighted by Gasteiger charge is 2.55. The number of hydrogen-bond donors (Lipinski definition) is 2. The molecule has 1 aliphatic rings. The molecule has 1 aliphatic heterocycles. The molecule has 1 aromatic heterocycles. The summed E-state index contributed by atoms with van der Waals surface area (Å²) in [6.07, 6.45) is 12.8. The number of carbonyl (C=O) groups is 3. The Morgan fingerprint density at radius 3 is 2.72 bits per heavy atom. The monoisotopic (exact) mass is 439 g/mol. The van der Waals surface area contributed by atoms with E-state index >= 15 is 0 Å². The fraction of sp³-hybridized carbons (Fsp3) is 0.417. The third kappa shape index (κ3) is 6.29. The van der Waals surface area contributed by atoms with Crippen LogP contribution < -0.4 is 11.1 Å². The highest BCUT2D eigenvalue weighted by Crippen LogP contribution is 2.32. The van der Waals surface area contributed by atoms with Gasteiger partial charge in [-0.2, -0.15) is 0 Å². The number of β-lactam (4-membered cyclic amide) rings is 1. The number of imide groups is 1. The predicted molar refractivity (Wildman–Crippen MR) is 125 cm³/mol. The third-order valence-corrected chi connectivity index (χ3v) is 5.16. The van der Waals surface area contributed by atoms with Gasteiger partial charge in [0.2, 0.25) is 11.8 Å². The van der Waals surface area contributed by atoms with Crippen LogP contribution in [0, 0.1) is 5.92 Å². The first-order valence-corrected chi connectivity index (χ1v) is 11.0. The highest BCUT2D eigenvalue weighted by molar-refractivity contribution is 6.09. The van der Waals surface area contributed by atoms with Crippen molar-refractivity contribution in [2.24, 2.45) is 5.92 Å². The number of carbonyl (C=O) groups excluding carboxylic acids is 3. The smallest absolute Gasteiger partial charge is 0.331 e. The number of nitrogens with two attached hydrogens (primary N) is 1. The largest absolute Gasteiger partial charge is 0.384 e. The molecular formula is C24H33N5O3. The van der Waals surface area contributed by atoms with Crippen LogP contribution in [0.15, 0.2) is 55.4 Å². The van der Waals surface area contributed by atoms with Crippen LogP contribution in [0.1, 0.15) is 38.7 Å². The molecule has 2 rings (SSSR count). The van der Waals surface area contributed by atoms with E-state index in [0.29, 0.717) is 25.3 Å². The van der Waals surface area contributed by atoms with Crippen molar-refractivity contribution in [3.05, 3.63) is 61.0 Å². The number of rotatable bonds is 11. The number of amides is 4. The Labute approximate surface area is 189 Å². The molecule has 0 spiro atoms. The molecule has 3 N–H and O–H groups in total. The Morgan fingerprint density at radius 1 is 1.28 bits per heavy atom. The Kier molecular flexibility index (Phi) is 9.66. The summed E-state index contributed by atoms with van der Waals surface area (Å²) in [5, 5.41) is 2.83. The fourth-order valence-electron chi connectivity index (χ4n) is 3.49. The second-order valence-electron chi connectivity index (χ2n) is 7.64. The minimum Gasteiger partial charge on any atom is -0.384 e. The van der Waals surface area contributed by atoms with Crippen LogP contribution in [0.5, 0.6) is 0 Å². The number of likely N-dealkylation sites (tertiary alicyclic amines) is 1. The van der Waals surface area contributed by atoms with Gasteiger partial charge in [-0.1, -0.05) is 45.1 Å². The van der Waals surface area contributed by atoms with Crippen molar-refractivity contribution in [2.45, 2.75) is 45.6 Å². The summed E-state index contributed by atoms with van der Waals surface area (Å²) in [7, 11) is 0.